The summed E-state index contributed by atoms with van der Waals surface area (Å²) < 4.78 is 6.63. The summed E-state index contributed by atoms with van der Waals surface area (Å²) in [4.78, 5) is 12.1. The minimum atomic E-state index is -0.156. The molecule has 0 bridgehead atoms. The van der Waals surface area contributed by atoms with Gasteiger partial charge in [-0.2, -0.15) is 5.10 Å². The van der Waals surface area contributed by atoms with Gasteiger partial charge in [0.25, 0.3) is 0 Å². The fraction of sp³-hybridized carbons (Fsp3) is 0.167. The maximum absolute atomic E-state index is 12.1. The van der Waals surface area contributed by atoms with Crippen LogP contribution in [0.3, 0.4) is 0 Å². The van der Waals surface area contributed by atoms with Crippen molar-refractivity contribution in [2.45, 2.75) is 26.9 Å². The van der Waals surface area contributed by atoms with Crippen LogP contribution in [0.2, 0.25) is 5.02 Å². The van der Waals surface area contributed by atoms with Crippen LogP contribution in [0.4, 0.5) is 0 Å². The van der Waals surface area contributed by atoms with E-state index in [-0.39, 0.29) is 5.91 Å². The molecule has 0 spiro atoms. The van der Waals surface area contributed by atoms with Gasteiger partial charge in [-0.25, -0.2) is 5.43 Å². The lowest BCUT2D eigenvalue weighted by molar-refractivity contribution is -0.120. The Hall–Kier alpha value is -2.63. The summed E-state index contributed by atoms with van der Waals surface area (Å²) in [5, 5.41) is 4.73. The Morgan fingerprint density at radius 2 is 1.90 bits per heavy atom. The zero-order valence-electron chi connectivity index (χ0n) is 16.8. The van der Waals surface area contributed by atoms with Crippen LogP contribution in [0.1, 0.15) is 27.8 Å². The Morgan fingerprint density at radius 3 is 2.63 bits per heavy atom. The van der Waals surface area contributed by atoms with Gasteiger partial charge in [-0.1, -0.05) is 53.6 Å². The summed E-state index contributed by atoms with van der Waals surface area (Å²) >= 11 is 9.67. The van der Waals surface area contributed by atoms with Gasteiger partial charge in [0, 0.05) is 10.6 Å². The van der Waals surface area contributed by atoms with E-state index in [4.69, 9.17) is 16.3 Å². The van der Waals surface area contributed by atoms with Crippen LogP contribution in [0.15, 0.2) is 70.2 Å². The van der Waals surface area contributed by atoms with Crippen LogP contribution in [0.5, 0.6) is 5.75 Å². The summed E-state index contributed by atoms with van der Waals surface area (Å²) in [5.41, 5.74) is 7.61. The van der Waals surface area contributed by atoms with Crippen molar-refractivity contribution in [2.75, 3.05) is 0 Å². The number of carbonyl (C=O) groups is 1. The van der Waals surface area contributed by atoms with Crippen molar-refractivity contribution >= 4 is 39.7 Å². The lowest BCUT2D eigenvalue weighted by Gasteiger charge is -2.10. The van der Waals surface area contributed by atoms with Gasteiger partial charge in [-0.05, 0) is 70.7 Å². The van der Waals surface area contributed by atoms with Crippen LogP contribution in [0, 0.1) is 13.8 Å². The van der Waals surface area contributed by atoms with Crippen LogP contribution in [-0.2, 0) is 17.8 Å². The molecule has 0 atom stereocenters. The molecule has 1 N–H and O–H groups in total. The van der Waals surface area contributed by atoms with Crippen LogP contribution in [0.25, 0.3) is 0 Å². The number of hydrazone groups is 1. The Kier molecular flexibility index (Phi) is 7.66. The molecule has 0 aliphatic rings. The quantitative estimate of drug-likeness (QED) is 0.330. The number of ether oxygens (including phenoxy) is 1. The van der Waals surface area contributed by atoms with Gasteiger partial charge in [-0.3, -0.25) is 4.79 Å². The van der Waals surface area contributed by atoms with Gasteiger partial charge in [-0.15, -0.1) is 0 Å². The Morgan fingerprint density at radius 1 is 1.10 bits per heavy atom. The predicted octanol–water partition coefficient (Wildman–Crippen LogP) is 5.99. The Bertz CT molecular complexity index is 1080. The number of hydrogen-bond donors (Lipinski definition) is 1. The number of nitrogens with zero attached hydrogens (tertiary/aromatic N) is 1. The molecular formula is C24H22BrClN2O2. The van der Waals surface area contributed by atoms with E-state index in [9.17, 15) is 4.79 Å². The van der Waals surface area contributed by atoms with Crippen molar-refractivity contribution in [1.82, 2.24) is 5.43 Å². The maximum atomic E-state index is 12.1. The molecule has 3 aromatic rings. The number of hydrogen-bond acceptors (Lipinski definition) is 3. The highest BCUT2D eigenvalue weighted by Gasteiger charge is 2.06. The highest BCUT2D eigenvalue weighted by Crippen LogP contribution is 2.27. The molecule has 0 radical (unpaired) electrons. The lowest BCUT2D eigenvalue weighted by Crippen LogP contribution is -2.20. The SMILES string of the molecule is Cc1ccc(CC(=O)N/N=C\c2ccc(OCc3ccccc3Cl)c(Br)c2)c(C)c1. The second-order valence-corrected chi connectivity index (χ2v) is 8.23. The minimum absolute atomic E-state index is 0.156. The molecule has 0 aliphatic carbocycles. The second-order valence-electron chi connectivity index (χ2n) is 6.97. The maximum Gasteiger partial charge on any atom is 0.244 e. The molecule has 154 valence electrons. The standard InChI is InChI=1S/C24H22BrClN2O2/c1-16-7-9-19(17(2)11-16)13-24(29)28-27-14-18-8-10-23(21(25)12-18)30-15-20-5-3-4-6-22(20)26/h3-12,14H,13,15H2,1-2H3,(H,28,29)/b27-14-. The van der Waals surface area contributed by atoms with Crippen LogP contribution >= 0.6 is 27.5 Å². The summed E-state index contributed by atoms with van der Waals surface area (Å²) in [6.45, 7) is 4.42. The van der Waals surface area contributed by atoms with Crippen molar-refractivity contribution in [3.63, 3.8) is 0 Å². The average molecular weight is 486 g/mol. The molecule has 1 amide bonds. The van der Waals surface area contributed by atoms with Gasteiger partial charge in [0.15, 0.2) is 0 Å². The number of halogens is 2. The molecule has 0 unspecified atom stereocenters. The molecule has 0 saturated heterocycles. The van der Waals surface area contributed by atoms with Crippen molar-refractivity contribution in [1.29, 1.82) is 0 Å². The third-order valence-corrected chi connectivity index (χ3v) is 5.54. The monoisotopic (exact) mass is 484 g/mol. The molecule has 0 aliphatic heterocycles. The van der Waals surface area contributed by atoms with E-state index in [1.807, 2.05) is 68.4 Å². The zero-order valence-corrected chi connectivity index (χ0v) is 19.1. The van der Waals surface area contributed by atoms with Gasteiger partial charge in [0.05, 0.1) is 17.1 Å². The first-order valence-electron chi connectivity index (χ1n) is 9.46. The van der Waals surface area contributed by atoms with Gasteiger partial charge in [0.1, 0.15) is 12.4 Å². The van der Waals surface area contributed by atoms with Crippen molar-refractivity contribution in [3.05, 3.63) is 98.0 Å². The summed E-state index contributed by atoms with van der Waals surface area (Å²) in [7, 11) is 0. The van der Waals surface area contributed by atoms with E-state index < -0.39 is 0 Å². The second kappa shape index (κ2) is 10.4. The smallest absolute Gasteiger partial charge is 0.244 e. The molecule has 6 heteroatoms. The van der Waals surface area contributed by atoms with E-state index in [1.165, 1.54) is 5.56 Å². The predicted molar refractivity (Wildman–Crippen MR) is 125 cm³/mol. The molecule has 0 saturated carbocycles. The third kappa shape index (κ3) is 6.18. The molecule has 0 fully saturated rings. The first-order chi connectivity index (χ1) is 14.4. The van der Waals surface area contributed by atoms with E-state index in [1.54, 1.807) is 6.21 Å². The molecule has 3 aromatic carbocycles. The molecule has 30 heavy (non-hydrogen) atoms. The van der Waals surface area contributed by atoms with E-state index in [0.717, 1.165) is 26.7 Å². The topological polar surface area (TPSA) is 50.7 Å². The highest BCUT2D eigenvalue weighted by molar-refractivity contribution is 9.10. The fourth-order valence-electron chi connectivity index (χ4n) is 2.92. The summed E-state index contributed by atoms with van der Waals surface area (Å²) in [5.74, 6) is 0.544. The molecule has 0 heterocycles. The number of rotatable bonds is 7. The summed E-state index contributed by atoms with van der Waals surface area (Å²) in [6, 6.07) is 19.2. The highest BCUT2D eigenvalue weighted by atomic mass is 79.9. The summed E-state index contributed by atoms with van der Waals surface area (Å²) in [6.07, 6.45) is 1.89. The third-order valence-electron chi connectivity index (χ3n) is 4.55. The van der Waals surface area contributed by atoms with Gasteiger partial charge >= 0.3 is 0 Å². The number of nitrogens with one attached hydrogen (secondary N) is 1. The number of aryl methyl sites for hydroxylation is 2. The minimum Gasteiger partial charge on any atom is -0.488 e. The first kappa shape index (κ1) is 22.1. The van der Waals surface area contributed by atoms with Crippen LogP contribution in [-0.4, -0.2) is 12.1 Å². The van der Waals surface area contributed by atoms with Crippen molar-refractivity contribution in [2.24, 2.45) is 5.10 Å². The molecule has 0 aromatic heterocycles. The number of benzene rings is 3. The number of amides is 1. The molecule has 4 nitrogen and oxygen atoms in total. The van der Waals surface area contributed by atoms with E-state index in [2.05, 4.69) is 32.5 Å². The van der Waals surface area contributed by atoms with E-state index in [0.29, 0.717) is 23.8 Å². The largest absolute Gasteiger partial charge is 0.488 e. The average Bonchev–Trinajstić information content (AvgIpc) is 2.70. The Balaban J connectivity index is 1.55. The fourth-order valence-corrected chi connectivity index (χ4v) is 3.62. The Labute approximate surface area is 190 Å². The van der Waals surface area contributed by atoms with E-state index >= 15 is 0 Å². The van der Waals surface area contributed by atoms with Crippen molar-refractivity contribution < 1.29 is 9.53 Å². The zero-order chi connectivity index (χ0) is 21.5. The van der Waals surface area contributed by atoms with Crippen molar-refractivity contribution in [3.8, 4) is 5.75 Å². The lowest BCUT2D eigenvalue weighted by atomic mass is 10.0. The first-order valence-corrected chi connectivity index (χ1v) is 10.6. The van der Waals surface area contributed by atoms with Crippen LogP contribution < -0.4 is 10.2 Å². The normalized spacial score (nSPS) is 10.9. The number of carbonyl (C=O) groups excluding carboxylic acids is 1. The van der Waals surface area contributed by atoms with Gasteiger partial charge in [0.2, 0.25) is 5.91 Å². The molecular weight excluding hydrogens is 464 g/mol. The van der Waals surface area contributed by atoms with Gasteiger partial charge < -0.3 is 4.74 Å². The molecule has 3 rings (SSSR count).